The van der Waals surface area contributed by atoms with Crippen molar-refractivity contribution in [2.75, 3.05) is 30.5 Å². The first-order chi connectivity index (χ1) is 24.4. The molecule has 0 radical (unpaired) electrons. The lowest BCUT2D eigenvalue weighted by molar-refractivity contribution is -0.164. The van der Waals surface area contributed by atoms with E-state index in [0.29, 0.717) is 11.6 Å². The summed E-state index contributed by atoms with van der Waals surface area (Å²) in [6, 6.07) is 18.0. The molecule has 4 aromatic rings. The predicted octanol–water partition coefficient (Wildman–Crippen LogP) is 2.19. The van der Waals surface area contributed by atoms with E-state index in [1.807, 2.05) is 60.7 Å². The Morgan fingerprint density at radius 1 is 1.20 bits per heavy atom. The van der Waals surface area contributed by atoms with Gasteiger partial charge in [0.15, 0.2) is 16.9 Å². The monoisotopic (exact) mass is 731 g/mol. The number of oxime groups is 1. The molecule has 15 nitrogen and oxygen atoms in total. The van der Waals surface area contributed by atoms with Crippen LogP contribution < -0.4 is 10.6 Å². The molecule has 0 bridgehead atoms. The zero-order chi connectivity index (χ0) is 35.1. The van der Waals surface area contributed by atoms with Gasteiger partial charge in [0.25, 0.3) is 5.91 Å². The Hall–Kier alpha value is -5.25. The van der Waals surface area contributed by atoms with Crippen LogP contribution in [0.4, 0.5) is 5.13 Å². The lowest BCUT2D eigenvalue weighted by atomic mass is 9.88. The predicted molar refractivity (Wildman–Crippen MR) is 186 cm³/mol. The van der Waals surface area contributed by atoms with Crippen molar-refractivity contribution in [2.45, 2.75) is 29.2 Å². The van der Waals surface area contributed by atoms with Gasteiger partial charge >= 0.3 is 5.97 Å². The first kappa shape index (κ1) is 34.6. The average Bonchev–Trinajstić information content (AvgIpc) is 3.81. The summed E-state index contributed by atoms with van der Waals surface area (Å²) in [6.07, 6.45) is 5.26. The highest BCUT2D eigenvalue weighted by atomic mass is 32.2. The molecule has 2 aliphatic heterocycles. The minimum atomic E-state index is -1.18. The van der Waals surface area contributed by atoms with Crippen molar-refractivity contribution in [3.05, 3.63) is 82.9 Å². The molecule has 0 saturated carbocycles. The second-order valence-electron chi connectivity index (χ2n) is 11.0. The number of terminal acetylenes is 1. The smallest absolute Gasteiger partial charge is 0.316 e. The number of fused-ring (bicyclic) bond motifs is 1. The highest BCUT2D eigenvalue weighted by Gasteiger charge is 2.58. The summed E-state index contributed by atoms with van der Waals surface area (Å²) in [5.74, 6) is 1.39. The van der Waals surface area contributed by atoms with E-state index >= 15 is 0 Å². The van der Waals surface area contributed by atoms with Gasteiger partial charge < -0.3 is 25.1 Å². The van der Waals surface area contributed by atoms with Gasteiger partial charge in [0, 0.05) is 23.4 Å². The number of carbonyl (C=O) groups excluding carboxylic acids is 4. The molecule has 2 saturated heterocycles. The molecule has 2 aromatic carbocycles. The normalized spacial score (nSPS) is 19.9. The van der Waals surface area contributed by atoms with Gasteiger partial charge in [0.05, 0.1) is 0 Å². The van der Waals surface area contributed by atoms with Gasteiger partial charge in [-0.05, 0) is 21.6 Å². The minimum absolute atomic E-state index is 0.0283. The van der Waals surface area contributed by atoms with Crippen molar-refractivity contribution < 1.29 is 28.8 Å². The van der Waals surface area contributed by atoms with Gasteiger partial charge in [0.2, 0.25) is 17.5 Å². The summed E-state index contributed by atoms with van der Waals surface area (Å²) >= 11 is 3.70. The molecule has 2 unspecified atom stereocenters. The third-order valence-corrected chi connectivity index (χ3v) is 11.4. The fourth-order valence-corrected chi connectivity index (χ4v) is 8.79. The van der Waals surface area contributed by atoms with Crippen LogP contribution in [0, 0.1) is 17.8 Å². The Kier molecular flexibility index (Phi) is 10.7. The lowest BCUT2D eigenvalue weighted by Crippen LogP contribution is -2.74. The van der Waals surface area contributed by atoms with Crippen LogP contribution in [0.15, 0.2) is 76.4 Å². The van der Waals surface area contributed by atoms with Crippen LogP contribution in [0.25, 0.3) is 0 Å². The number of benzene rings is 2. The van der Waals surface area contributed by atoms with Crippen molar-refractivity contribution in [3.8, 4) is 12.3 Å². The van der Waals surface area contributed by atoms with Gasteiger partial charge in [-0.2, -0.15) is 0 Å². The minimum Gasteiger partial charge on any atom is -0.452 e. The maximum Gasteiger partial charge on any atom is 0.316 e. The number of amides is 3. The van der Waals surface area contributed by atoms with Crippen LogP contribution >= 0.6 is 34.9 Å². The van der Waals surface area contributed by atoms with E-state index in [0.717, 1.165) is 22.5 Å². The van der Waals surface area contributed by atoms with E-state index in [2.05, 4.69) is 42.2 Å². The van der Waals surface area contributed by atoms with Crippen LogP contribution in [0.5, 0.6) is 0 Å². The van der Waals surface area contributed by atoms with Crippen LogP contribution in [0.1, 0.15) is 22.9 Å². The number of hydrogen-bond donors (Lipinski definition) is 2. The molecule has 0 spiro atoms. The largest absolute Gasteiger partial charge is 0.452 e. The van der Waals surface area contributed by atoms with Crippen LogP contribution in [0.3, 0.4) is 0 Å². The molecule has 6 rings (SSSR count). The molecule has 256 valence electrons. The fraction of sp³-hybridized carbons (Fsp3) is 0.281. The second-order valence-corrected chi connectivity index (χ2v) is 13.9. The summed E-state index contributed by atoms with van der Waals surface area (Å²) in [7, 11) is 1.28. The molecular weight excluding hydrogens is 703 g/mol. The van der Waals surface area contributed by atoms with Crippen LogP contribution in [0.2, 0.25) is 0 Å². The third kappa shape index (κ3) is 7.20. The van der Waals surface area contributed by atoms with Crippen molar-refractivity contribution >= 4 is 69.9 Å². The zero-order valence-corrected chi connectivity index (χ0v) is 28.8. The number of rotatable bonds is 14. The third-order valence-electron chi connectivity index (χ3n) is 7.84. The number of esters is 1. The number of thiazole rings is 1. The molecule has 2 aliphatic rings. The number of anilines is 1. The van der Waals surface area contributed by atoms with Gasteiger partial charge in [-0.25, -0.2) is 9.67 Å². The molecule has 3 amide bonds. The fourth-order valence-electron chi connectivity index (χ4n) is 5.41. The number of aromatic nitrogens is 5. The summed E-state index contributed by atoms with van der Waals surface area (Å²) < 4.78 is 7.80. The van der Waals surface area contributed by atoms with Crippen molar-refractivity contribution in [1.29, 1.82) is 0 Å². The summed E-state index contributed by atoms with van der Waals surface area (Å²) in [6.45, 7) is 0.171. The Bertz CT molecular complexity index is 1890. The maximum absolute atomic E-state index is 14.4. The number of carbonyl (C=O) groups is 4. The van der Waals surface area contributed by atoms with Gasteiger partial charge in [-0.1, -0.05) is 83.5 Å². The van der Waals surface area contributed by atoms with E-state index in [1.165, 1.54) is 40.7 Å². The molecule has 3 atom stereocenters. The average molecular weight is 732 g/mol. The SMILES string of the molecule is C#CCn1nnnc1SCC1(C(=O)OC(c2ccccc2)c2ccccc2)CS[C@@H]2C(NC(=O)C(=NOC)c3csc(NC=O)n3)C(=O)N2C1. The Morgan fingerprint density at radius 3 is 2.58 bits per heavy atom. The number of hydrogen-bond acceptors (Lipinski definition) is 14. The van der Waals surface area contributed by atoms with Crippen LogP contribution in [-0.2, 0) is 35.3 Å². The van der Waals surface area contributed by atoms with Gasteiger partial charge in [-0.3, -0.25) is 19.2 Å². The molecule has 2 aromatic heterocycles. The van der Waals surface area contributed by atoms with Gasteiger partial charge in [-0.15, -0.1) is 34.6 Å². The molecular formula is C32H29N9O6S3. The molecule has 2 N–H and O–H groups in total. The number of β-lactam (4-membered cyclic amide) rings is 1. The second kappa shape index (κ2) is 15.5. The van der Waals surface area contributed by atoms with Gasteiger partial charge in [0.1, 0.15) is 36.2 Å². The molecule has 0 aliphatic carbocycles. The van der Waals surface area contributed by atoms with Crippen molar-refractivity contribution in [2.24, 2.45) is 10.6 Å². The van der Waals surface area contributed by atoms with Crippen molar-refractivity contribution in [3.63, 3.8) is 0 Å². The molecule has 4 heterocycles. The Morgan fingerprint density at radius 2 is 1.92 bits per heavy atom. The van der Waals surface area contributed by atoms with E-state index in [1.54, 1.807) is 4.90 Å². The molecule has 50 heavy (non-hydrogen) atoms. The number of tetrazole rings is 1. The summed E-state index contributed by atoms with van der Waals surface area (Å²) in [4.78, 5) is 62.8. The molecule has 2 fully saturated rings. The van der Waals surface area contributed by atoms with Crippen LogP contribution in [-0.4, -0.2) is 96.6 Å². The van der Waals surface area contributed by atoms with E-state index in [4.69, 9.17) is 16.0 Å². The van der Waals surface area contributed by atoms with E-state index in [9.17, 15) is 19.2 Å². The highest BCUT2D eigenvalue weighted by molar-refractivity contribution is 8.00. The lowest BCUT2D eigenvalue weighted by Gasteiger charge is -2.54. The van der Waals surface area contributed by atoms with E-state index < -0.39 is 34.8 Å². The number of thioether (sulfide) groups is 2. The number of nitrogens with zero attached hydrogens (tertiary/aromatic N) is 7. The number of nitrogens with one attached hydrogen (secondary N) is 2. The summed E-state index contributed by atoms with van der Waals surface area (Å²) in [5.41, 5.74) is 0.396. The maximum atomic E-state index is 14.4. The van der Waals surface area contributed by atoms with E-state index in [-0.39, 0.29) is 47.0 Å². The summed E-state index contributed by atoms with van der Waals surface area (Å²) in [5, 5.41) is 22.5. The first-order valence-electron chi connectivity index (χ1n) is 15.0. The number of ether oxygens (including phenoxy) is 1. The molecule has 18 heteroatoms. The highest BCUT2D eigenvalue weighted by Crippen LogP contribution is 2.46. The standard InChI is InChI=1S/C32H29N9O6S3/c1-3-14-41-31(36-38-39-41)50-18-32(29(45)47-25(20-10-6-4-7-11-20)21-12-8-5-9-13-21)16-40-27(44)24(28(40)49-17-32)35-26(43)23(37-46-2)22-15-48-30(34-22)33-19-42/h1,4-13,15,19,24-25,28H,14,16-18H2,2H3,(H,35,43)(H,33,34,42)/t24?,28-,32?/m1/s1. The topological polar surface area (TPSA) is 183 Å². The zero-order valence-electron chi connectivity index (χ0n) is 26.4. The first-order valence-corrected chi connectivity index (χ1v) is 17.9. The Labute approximate surface area is 298 Å². The quantitative estimate of drug-likeness (QED) is 0.0368. The van der Waals surface area contributed by atoms with Crippen molar-refractivity contribution in [1.82, 2.24) is 35.4 Å². The Balaban J connectivity index is 1.23.